The minimum atomic E-state index is -3.57. The van der Waals surface area contributed by atoms with Gasteiger partial charge in [0.25, 0.3) is 0 Å². The zero-order chi connectivity index (χ0) is 31.3. The van der Waals surface area contributed by atoms with Crippen LogP contribution in [0.3, 0.4) is 0 Å². The van der Waals surface area contributed by atoms with E-state index >= 15 is 0 Å². The number of benzene rings is 1. The molecular weight excluding hydrogens is 570 g/mol. The zero-order valence-corrected chi connectivity index (χ0v) is 26.3. The first kappa shape index (κ1) is 31.0. The number of likely N-dealkylation sites (tertiary alicyclic amines) is 1. The van der Waals surface area contributed by atoms with Crippen molar-refractivity contribution in [2.45, 2.75) is 76.3 Å². The molecule has 2 aromatic rings. The van der Waals surface area contributed by atoms with E-state index in [9.17, 15) is 22.8 Å². The molecule has 0 spiro atoms. The van der Waals surface area contributed by atoms with Gasteiger partial charge < -0.3 is 19.7 Å². The predicted molar refractivity (Wildman–Crippen MR) is 162 cm³/mol. The Hall–Kier alpha value is -3.47. The Bertz CT molecular complexity index is 1560. The van der Waals surface area contributed by atoms with E-state index in [-0.39, 0.29) is 36.6 Å². The number of methoxy groups -OCH3 is 1. The largest absolute Gasteiger partial charge is 0.497 e. The molecular formula is C32H41N3O7S. The first-order chi connectivity index (χ1) is 20.2. The molecule has 1 aromatic carbocycles. The van der Waals surface area contributed by atoms with Crippen LogP contribution in [0.2, 0.25) is 0 Å². The van der Waals surface area contributed by atoms with Crippen LogP contribution in [0, 0.1) is 17.3 Å². The number of carbonyl (C=O) groups excluding carboxylic acids is 3. The average molecular weight is 612 g/mol. The van der Waals surface area contributed by atoms with Gasteiger partial charge in [-0.2, -0.15) is 0 Å². The molecule has 3 fully saturated rings. The van der Waals surface area contributed by atoms with Gasteiger partial charge in [0.2, 0.25) is 17.7 Å². The summed E-state index contributed by atoms with van der Waals surface area (Å²) in [4.78, 5) is 47.1. The lowest BCUT2D eigenvalue weighted by molar-refractivity contribution is -0.144. The van der Waals surface area contributed by atoms with E-state index < -0.39 is 56.1 Å². The van der Waals surface area contributed by atoms with Crippen molar-refractivity contribution in [1.29, 1.82) is 0 Å². The highest BCUT2D eigenvalue weighted by atomic mass is 32.2. The minimum absolute atomic E-state index is 0.154. The molecule has 2 aliphatic carbocycles. The molecule has 0 unspecified atom stereocenters. The number of rotatable bonds is 11. The van der Waals surface area contributed by atoms with Gasteiger partial charge in [-0.3, -0.25) is 14.4 Å². The van der Waals surface area contributed by atoms with E-state index in [1.807, 2.05) is 52.0 Å². The standard InChI is InChI=1S/C32H41N3O7S/c1-7-21-16-32(21,27(36)18-43(39,40)24-10-11-24)34-28(37)26-15-23(17-35(26)30(38)19(2)31(3,4)5)42-29-25-14-22(41-6)9-8-20(25)12-13-33-29/h7-9,12-14,19,21,23-24,26H,1,10-11,15-18H2,2-6H3,(H,34,37)/t19-,21-,23-,26+,32-/m1/s1. The number of nitrogens with zero attached hydrogens (tertiary/aromatic N) is 2. The van der Waals surface area contributed by atoms with Crippen molar-refractivity contribution in [2.75, 3.05) is 19.4 Å². The van der Waals surface area contributed by atoms with Crippen LogP contribution in [0.25, 0.3) is 10.8 Å². The summed E-state index contributed by atoms with van der Waals surface area (Å²) in [5, 5.41) is 4.04. The molecule has 3 aliphatic rings. The predicted octanol–water partition coefficient (Wildman–Crippen LogP) is 3.48. The lowest BCUT2D eigenvalue weighted by Gasteiger charge is -2.33. The number of fused-ring (bicyclic) bond motifs is 1. The number of pyridine rings is 1. The SMILES string of the molecule is C=C[C@@H]1C[C@]1(NC(=O)[C@@H]1C[C@@H](Oc2nccc3ccc(OC)cc23)CN1C(=O)[C@@H](C)C(C)(C)C)C(=O)CS(=O)(=O)C1CC1. The normalized spacial score (nSPS) is 26.1. The first-order valence-electron chi connectivity index (χ1n) is 14.8. The molecule has 10 nitrogen and oxygen atoms in total. The Morgan fingerprint density at radius 2 is 1.95 bits per heavy atom. The summed E-state index contributed by atoms with van der Waals surface area (Å²) in [7, 11) is -1.99. The number of hydrogen-bond acceptors (Lipinski definition) is 8. The topological polar surface area (TPSA) is 132 Å². The molecule has 2 amide bonds. The molecule has 5 atom stereocenters. The third-order valence-electron chi connectivity index (χ3n) is 9.24. The van der Waals surface area contributed by atoms with Crippen LogP contribution in [0.5, 0.6) is 11.6 Å². The molecule has 2 saturated carbocycles. The summed E-state index contributed by atoms with van der Waals surface area (Å²) in [6.45, 7) is 11.7. The summed E-state index contributed by atoms with van der Waals surface area (Å²) in [6, 6.07) is 6.52. The number of nitrogens with one attached hydrogen (secondary N) is 1. The van der Waals surface area contributed by atoms with Gasteiger partial charge in [-0.1, -0.05) is 39.8 Å². The summed E-state index contributed by atoms with van der Waals surface area (Å²) in [5.41, 5.74) is -1.69. The van der Waals surface area contributed by atoms with Crippen molar-refractivity contribution in [2.24, 2.45) is 17.3 Å². The maximum Gasteiger partial charge on any atom is 0.243 e. The van der Waals surface area contributed by atoms with Gasteiger partial charge >= 0.3 is 0 Å². The molecule has 43 heavy (non-hydrogen) atoms. The average Bonchev–Trinajstić information content (AvgIpc) is 3.88. The van der Waals surface area contributed by atoms with Gasteiger partial charge in [0.15, 0.2) is 15.6 Å². The highest BCUT2D eigenvalue weighted by molar-refractivity contribution is 7.93. The van der Waals surface area contributed by atoms with Crippen LogP contribution < -0.4 is 14.8 Å². The first-order valence-corrected chi connectivity index (χ1v) is 16.5. The van der Waals surface area contributed by atoms with Gasteiger partial charge in [0.1, 0.15) is 29.2 Å². The van der Waals surface area contributed by atoms with Crippen LogP contribution in [0.1, 0.15) is 53.4 Å². The van der Waals surface area contributed by atoms with Gasteiger partial charge in [0, 0.05) is 29.8 Å². The second-order valence-corrected chi connectivity index (χ2v) is 15.5. The van der Waals surface area contributed by atoms with E-state index in [4.69, 9.17) is 9.47 Å². The van der Waals surface area contributed by atoms with Crippen LogP contribution in [0.4, 0.5) is 0 Å². The monoisotopic (exact) mass is 611 g/mol. The minimum Gasteiger partial charge on any atom is -0.497 e. The second-order valence-electron chi connectivity index (χ2n) is 13.2. The van der Waals surface area contributed by atoms with E-state index in [0.717, 1.165) is 10.8 Å². The Labute approximate surface area is 253 Å². The van der Waals surface area contributed by atoms with Gasteiger partial charge in [0.05, 0.1) is 18.9 Å². The van der Waals surface area contributed by atoms with Gasteiger partial charge in [-0.15, -0.1) is 6.58 Å². The number of sulfone groups is 1. The Morgan fingerprint density at radius 3 is 2.56 bits per heavy atom. The Morgan fingerprint density at radius 1 is 1.23 bits per heavy atom. The Balaban J connectivity index is 1.40. The van der Waals surface area contributed by atoms with E-state index in [2.05, 4.69) is 16.9 Å². The number of aromatic nitrogens is 1. The van der Waals surface area contributed by atoms with Gasteiger partial charge in [-0.05, 0) is 48.3 Å². The van der Waals surface area contributed by atoms with Crippen molar-refractivity contribution in [3.8, 4) is 11.6 Å². The van der Waals surface area contributed by atoms with Crippen molar-refractivity contribution in [3.63, 3.8) is 0 Å². The van der Waals surface area contributed by atoms with Crippen LogP contribution in [0.15, 0.2) is 43.1 Å². The fraction of sp³-hybridized carbons (Fsp3) is 0.562. The fourth-order valence-electron chi connectivity index (χ4n) is 5.76. The van der Waals surface area contributed by atoms with Gasteiger partial charge in [-0.25, -0.2) is 13.4 Å². The van der Waals surface area contributed by atoms with E-state index in [1.165, 1.54) is 4.90 Å². The van der Waals surface area contributed by atoms with Crippen LogP contribution in [-0.4, -0.2) is 78.2 Å². The maximum absolute atomic E-state index is 13.9. The number of ether oxygens (including phenoxy) is 2. The molecule has 0 bridgehead atoms. The molecule has 232 valence electrons. The van der Waals surface area contributed by atoms with Crippen molar-refractivity contribution in [3.05, 3.63) is 43.1 Å². The molecule has 2 heterocycles. The summed E-state index contributed by atoms with van der Waals surface area (Å²) < 4.78 is 37.0. The quantitative estimate of drug-likeness (QED) is 0.382. The molecule has 1 aliphatic heterocycles. The van der Waals surface area contributed by atoms with Crippen molar-refractivity contribution in [1.82, 2.24) is 15.2 Å². The third-order valence-corrected chi connectivity index (χ3v) is 11.4. The van der Waals surface area contributed by atoms with E-state index in [0.29, 0.717) is 24.5 Å². The number of ketones is 1. The van der Waals surface area contributed by atoms with Crippen molar-refractivity contribution < 1.29 is 32.3 Å². The third kappa shape index (κ3) is 6.14. The fourth-order valence-corrected chi connectivity index (χ4v) is 7.47. The second kappa shape index (κ2) is 11.2. The lowest BCUT2D eigenvalue weighted by atomic mass is 9.81. The zero-order valence-electron chi connectivity index (χ0n) is 25.5. The molecule has 0 radical (unpaired) electrons. The molecule has 1 N–H and O–H groups in total. The lowest BCUT2D eigenvalue weighted by Crippen LogP contribution is -2.55. The molecule has 5 rings (SSSR count). The molecule has 1 saturated heterocycles. The van der Waals surface area contributed by atoms with Crippen LogP contribution in [-0.2, 0) is 24.2 Å². The molecule has 1 aromatic heterocycles. The number of hydrogen-bond donors (Lipinski definition) is 1. The molecule has 11 heteroatoms. The Kier molecular flexibility index (Phi) is 8.09. The number of carbonyl (C=O) groups is 3. The smallest absolute Gasteiger partial charge is 0.243 e. The van der Waals surface area contributed by atoms with Crippen molar-refractivity contribution >= 4 is 38.2 Å². The summed E-state index contributed by atoms with van der Waals surface area (Å²) in [5.74, 6) is -1.61. The van der Waals surface area contributed by atoms with Crippen LogP contribution >= 0.6 is 0 Å². The maximum atomic E-state index is 13.9. The highest BCUT2D eigenvalue weighted by Crippen LogP contribution is 2.46. The summed E-state index contributed by atoms with van der Waals surface area (Å²) in [6.07, 6.45) is 4.25. The van der Waals surface area contributed by atoms with E-state index in [1.54, 1.807) is 19.4 Å². The number of amides is 2. The number of Topliss-reactive ketones (excluding diaryl/α,β-unsaturated/α-hetero) is 1. The highest BCUT2D eigenvalue weighted by Gasteiger charge is 2.61. The summed E-state index contributed by atoms with van der Waals surface area (Å²) >= 11 is 0.